The summed E-state index contributed by atoms with van der Waals surface area (Å²) in [6.07, 6.45) is 3.28. The predicted octanol–water partition coefficient (Wildman–Crippen LogP) is 3.03. The minimum atomic E-state index is 0.573. The number of halogens is 1. The number of carbonyl (C=O) groups is 1. The van der Waals surface area contributed by atoms with Crippen molar-refractivity contribution in [2.45, 2.75) is 26.2 Å². The molecule has 0 amide bonds. The number of hydrogen-bond donors (Lipinski definition) is 0. The van der Waals surface area contributed by atoms with Gasteiger partial charge in [-0.15, -0.1) is 0 Å². The minimum Gasteiger partial charge on any atom is -0.303 e. The molecule has 0 atom stereocenters. The first-order valence-corrected chi connectivity index (χ1v) is 4.86. The molecule has 1 aromatic carbocycles. The summed E-state index contributed by atoms with van der Waals surface area (Å²) in [7, 11) is 0. The van der Waals surface area contributed by atoms with Crippen molar-refractivity contribution in [3.63, 3.8) is 0 Å². The maximum absolute atomic E-state index is 10.2. The Labute approximate surface area is 83.7 Å². The zero-order chi connectivity index (χ0) is 9.68. The van der Waals surface area contributed by atoms with Crippen LogP contribution in [0.2, 0.25) is 5.02 Å². The van der Waals surface area contributed by atoms with Crippen molar-refractivity contribution in [3.05, 3.63) is 34.3 Å². The summed E-state index contributed by atoms with van der Waals surface area (Å²) in [5.74, 6) is 0. The normalized spacial score (nSPS) is 10.0. The topological polar surface area (TPSA) is 17.1 Å². The molecular weight excluding hydrogens is 184 g/mol. The highest BCUT2D eigenvalue weighted by Gasteiger charge is 1.98. The third-order valence-corrected chi connectivity index (χ3v) is 2.19. The molecule has 1 aromatic rings. The number of benzene rings is 1. The molecule has 0 aliphatic carbocycles. The van der Waals surface area contributed by atoms with Crippen LogP contribution in [0.5, 0.6) is 0 Å². The Morgan fingerprint density at radius 3 is 2.62 bits per heavy atom. The molecule has 13 heavy (non-hydrogen) atoms. The first-order chi connectivity index (χ1) is 6.26. The fraction of sp³-hybridized carbons (Fsp3) is 0.364. The van der Waals surface area contributed by atoms with Gasteiger partial charge in [0.1, 0.15) is 6.29 Å². The Balaban J connectivity index is 2.81. The number of hydrogen-bond acceptors (Lipinski definition) is 1. The lowest BCUT2D eigenvalue weighted by molar-refractivity contribution is -0.107. The molecule has 0 saturated carbocycles. The highest BCUT2D eigenvalue weighted by molar-refractivity contribution is 6.30. The van der Waals surface area contributed by atoms with Gasteiger partial charge in [-0.3, -0.25) is 0 Å². The van der Waals surface area contributed by atoms with E-state index in [-0.39, 0.29) is 0 Å². The lowest BCUT2D eigenvalue weighted by atomic mass is 10.1. The fourth-order valence-electron chi connectivity index (χ4n) is 1.29. The summed E-state index contributed by atoms with van der Waals surface area (Å²) in [5, 5.41) is 0.764. The maximum atomic E-state index is 10.2. The summed E-state index contributed by atoms with van der Waals surface area (Å²) in [4.78, 5) is 10.2. The smallest absolute Gasteiger partial charge is 0.120 e. The van der Waals surface area contributed by atoms with Crippen molar-refractivity contribution < 1.29 is 4.79 Å². The van der Waals surface area contributed by atoms with E-state index in [2.05, 4.69) is 13.0 Å². The molecule has 0 aliphatic heterocycles. The SMILES string of the molecule is CCc1cc(Cl)cc(CCC=O)c1. The number of carbonyl (C=O) groups excluding carboxylic acids is 1. The van der Waals surface area contributed by atoms with Crippen LogP contribution in [0, 0.1) is 0 Å². The molecular formula is C11H13ClO. The van der Waals surface area contributed by atoms with E-state index < -0.39 is 0 Å². The van der Waals surface area contributed by atoms with Crippen LogP contribution in [0.1, 0.15) is 24.5 Å². The van der Waals surface area contributed by atoms with E-state index in [0.29, 0.717) is 6.42 Å². The Hall–Kier alpha value is -0.820. The van der Waals surface area contributed by atoms with Crippen LogP contribution < -0.4 is 0 Å². The van der Waals surface area contributed by atoms with Gasteiger partial charge >= 0.3 is 0 Å². The second-order valence-electron chi connectivity index (χ2n) is 3.03. The van der Waals surface area contributed by atoms with E-state index in [4.69, 9.17) is 11.6 Å². The molecule has 0 N–H and O–H groups in total. The van der Waals surface area contributed by atoms with Crippen molar-refractivity contribution in [2.24, 2.45) is 0 Å². The molecule has 0 radical (unpaired) electrons. The predicted molar refractivity (Wildman–Crippen MR) is 55.2 cm³/mol. The molecule has 0 saturated heterocycles. The monoisotopic (exact) mass is 196 g/mol. The third-order valence-electron chi connectivity index (χ3n) is 1.98. The average molecular weight is 197 g/mol. The lowest BCUT2D eigenvalue weighted by Gasteiger charge is -2.02. The van der Waals surface area contributed by atoms with Crippen LogP contribution in [0.4, 0.5) is 0 Å². The van der Waals surface area contributed by atoms with Crippen LogP contribution >= 0.6 is 11.6 Å². The van der Waals surface area contributed by atoms with E-state index in [1.54, 1.807) is 0 Å². The van der Waals surface area contributed by atoms with Crippen LogP contribution in [-0.4, -0.2) is 6.29 Å². The highest BCUT2D eigenvalue weighted by atomic mass is 35.5. The first-order valence-electron chi connectivity index (χ1n) is 4.48. The van der Waals surface area contributed by atoms with Crippen LogP contribution in [0.3, 0.4) is 0 Å². The Bertz CT molecular complexity index is 294. The molecule has 0 aliphatic rings. The molecule has 2 heteroatoms. The van der Waals surface area contributed by atoms with Gasteiger partial charge in [0.2, 0.25) is 0 Å². The van der Waals surface area contributed by atoms with Crippen molar-refractivity contribution in [1.29, 1.82) is 0 Å². The van der Waals surface area contributed by atoms with E-state index in [1.165, 1.54) is 5.56 Å². The maximum Gasteiger partial charge on any atom is 0.120 e. The quantitative estimate of drug-likeness (QED) is 0.677. The summed E-state index contributed by atoms with van der Waals surface area (Å²) in [6, 6.07) is 5.99. The zero-order valence-corrected chi connectivity index (χ0v) is 8.47. The van der Waals surface area contributed by atoms with Crippen LogP contribution in [0.25, 0.3) is 0 Å². The van der Waals surface area contributed by atoms with Crippen molar-refractivity contribution >= 4 is 17.9 Å². The fourth-order valence-corrected chi connectivity index (χ4v) is 1.57. The molecule has 0 fully saturated rings. The molecule has 0 aromatic heterocycles. The number of aryl methyl sites for hydroxylation is 2. The van der Waals surface area contributed by atoms with E-state index in [1.807, 2.05) is 12.1 Å². The summed E-state index contributed by atoms with van der Waals surface area (Å²) < 4.78 is 0. The zero-order valence-electron chi connectivity index (χ0n) is 7.72. The second kappa shape index (κ2) is 5.03. The van der Waals surface area contributed by atoms with E-state index in [9.17, 15) is 4.79 Å². The molecule has 0 unspecified atom stereocenters. The van der Waals surface area contributed by atoms with Crippen LogP contribution in [0.15, 0.2) is 18.2 Å². The summed E-state index contributed by atoms with van der Waals surface area (Å²) in [6.45, 7) is 2.09. The summed E-state index contributed by atoms with van der Waals surface area (Å²) in [5.41, 5.74) is 2.38. The van der Waals surface area contributed by atoms with Gasteiger partial charge in [-0.1, -0.05) is 24.6 Å². The molecule has 1 nitrogen and oxygen atoms in total. The number of aldehydes is 1. The van der Waals surface area contributed by atoms with Crippen molar-refractivity contribution in [3.8, 4) is 0 Å². The number of rotatable bonds is 4. The van der Waals surface area contributed by atoms with Crippen molar-refractivity contribution in [1.82, 2.24) is 0 Å². The van der Waals surface area contributed by atoms with Gasteiger partial charge < -0.3 is 4.79 Å². The van der Waals surface area contributed by atoms with Gasteiger partial charge in [-0.05, 0) is 36.1 Å². The Morgan fingerprint density at radius 2 is 2.00 bits per heavy atom. The Kier molecular flexibility index (Phi) is 3.97. The molecule has 1 rings (SSSR count). The second-order valence-corrected chi connectivity index (χ2v) is 3.46. The molecule has 70 valence electrons. The van der Waals surface area contributed by atoms with Gasteiger partial charge in [-0.2, -0.15) is 0 Å². The minimum absolute atomic E-state index is 0.573. The van der Waals surface area contributed by atoms with Crippen LogP contribution in [-0.2, 0) is 17.6 Å². The van der Waals surface area contributed by atoms with Gasteiger partial charge in [-0.25, -0.2) is 0 Å². The average Bonchev–Trinajstić information content (AvgIpc) is 2.14. The van der Waals surface area contributed by atoms with Gasteiger partial charge in [0.25, 0.3) is 0 Å². The van der Waals surface area contributed by atoms with Gasteiger partial charge in [0, 0.05) is 11.4 Å². The largest absolute Gasteiger partial charge is 0.303 e. The van der Waals surface area contributed by atoms with Crippen molar-refractivity contribution in [2.75, 3.05) is 0 Å². The van der Waals surface area contributed by atoms with E-state index >= 15 is 0 Å². The summed E-state index contributed by atoms with van der Waals surface area (Å²) >= 11 is 5.92. The lowest BCUT2D eigenvalue weighted by Crippen LogP contribution is -1.89. The Morgan fingerprint density at radius 1 is 1.31 bits per heavy atom. The molecule has 0 heterocycles. The molecule has 0 spiro atoms. The van der Waals surface area contributed by atoms with Gasteiger partial charge in [0.15, 0.2) is 0 Å². The van der Waals surface area contributed by atoms with E-state index in [0.717, 1.165) is 29.7 Å². The standard InChI is InChI=1S/C11H13ClO/c1-2-9-6-10(4-3-5-13)8-11(12)7-9/h5-8H,2-4H2,1H3. The third kappa shape index (κ3) is 3.19. The van der Waals surface area contributed by atoms with Gasteiger partial charge in [0.05, 0.1) is 0 Å². The highest BCUT2D eigenvalue weighted by Crippen LogP contribution is 2.16. The molecule has 0 bridgehead atoms. The first kappa shape index (κ1) is 10.3.